The Labute approximate surface area is 112 Å². The number of hydrogen-bond donors (Lipinski definition) is 1. The van der Waals surface area contributed by atoms with Gasteiger partial charge in [-0.15, -0.1) is 0 Å². The van der Waals surface area contributed by atoms with Crippen molar-refractivity contribution >= 4 is 17.6 Å². The Morgan fingerprint density at radius 3 is 2.78 bits per heavy atom. The summed E-state index contributed by atoms with van der Waals surface area (Å²) in [7, 11) is 0. The molecule has 0 amide bonds. The summed E-state index contributed by atoms with van der Waals surface area (Å²) in [4.78, 5) is 14.8. The number of nitrogens with zero attached hydrogens (tertiary/aromatic N) is 1. The molecule has 1 rings (SSSR count). The van der Waals surface area contributed by atoms with E-state index in [1.54, 1.807) is 0 Å². The Morgan fingerprint density at radius 2 is 2.11 bits per heavy atom. The van der Waals surface area contributed by atoms with E-state index >= 15 is 0 Å². The second-order valence-corrected chi connectivity index (χ2v) is 4.42. The van der Waals surface area contributed by atoms with Gasteiger partial charge in [-0.1, -0.05) is 44.2 Å². The maximum Gasteiger partial charge on any atom is 0.337 e. The Hall–Kier alpha value is -1.29. The Bertz CT molecular complexity index is 396. The molecule has 5 heteroatoms. The van der Waals surface area contributed by atoms with Crippen molar-refractivity contribution in [3.8, 4) is 5.88 Å². The standard InChI is InChI=1S/C13H18ClNO3/c1-2-3-4-5-6-9-18-12-11(14)10(13(16)17)7-8-15-12/h7-8H,2-6,9H2,1H3,(H,16,17). The molecular formula is C13H18ClNO3. The van der Waals surface area contributed by atoms with Gasteiger partial charge in [0.15, 0.2) is 0 Å². The third-order valence-electron chi connectivity index (χ3n) is 2.57. The molecule has 0 radical (unpaired) electrons. The summed E-state index contributed by atoms with van der Waals surface area (Å²) in [6.07, 6.45) is 7.04. The lowest BCUT2D eigenvalue weighted by Crippen LogP contribution is -2.04. The summed E-state index contributed by atoms with van der Waals surface area (Å²) >= 11 is 5.90. The SMILES string of the molecule is CCCCCCCOc1nccc(C(=O)O)c1Cl. The second kappa shape index (κ2) is 7.93. The van der Waals surface area contributed by atoms with Gasteiger partial charge in [-0.25, -0.2) is 9.78 Å². The van der Waals surface area contributed by atoms with Crippen LogP contribution in [0.15, 0.2) is 12.3 Å². The van der Waals surface area contributed by atoms with E-state index in [1.807, 2.05) is 0 Å². The zero-order chi connectivity index (χ0) is 13.4. The monoisotopic (exact) mass is 271 g/mol. The van der Waals surface area contributed by atoms with E-state index in [0.717, 1.165) is 12.8 Å². The molecule has 4 nitrogen and oxygen atoms in total. The van der Waals surface area contributed by atoms with E-state index in [1.165, 1.54) is 31.5 Å². The lowest BCUT2D eigenvalue weighted by molar-refractivity contribution is 0.0696. The van der Waals surface area contributed by atoms with Crippen LogP contribution in [0, 0.1) is 0 Å². The van der Waals surface area contributed by atoms with Gasteiger partial charge in [0.25, 0.3) is 0 Å². The molecule has 1 aromatic heterocycles. The molecule has 0 saturated carbocycles. The maximum absolute atomic E-state index is 10.9. The molecule has 0 saturated heterocycles. The van der Waals surface area contributed by atoms with Crippen molar-refractivity contribution in [3.05, 3.63) is 22.8 Å². The van der Waals surface area contributed by atoms with Crippen LogP contribution >= 0.6 is 11.6 Å². The number of ether oxygens (including phenoxy) is 1. The summed E-state index contributed by atoms with van der Waals surface area (Å²) in [5.41, 5.74) is 0.0210. The number of carboxylic acid groups (broad SMARTS) is 1. The minimum absolute atomic E-state index is 0.0210. The van der Waals surface area contributed by atoms with Crippen LogP contribution in [0.25, 0.3) is 0 Å². The van der Waals surface area contributed by atoms with E-state index in [9.17, 15) is 4.79 Å². The number of carbonyl (C=O) groups is 1. The van der Waals surface area contributed by atoms with Crippen LogP contribution in [0.1, 0.15) is 49.4 Å². The molecule has 0 aliphatic heterocycles. The van der Waals surface area contributed by atoms with Crippen molar-refractivity contribution in [2.45, 2.75) is 39.0 Å². The van der Waals surface area contributed by atoms with Crippen molar-refractivity contribution < 1.29 is 14.6 Å². The highest BCUT2D eigenvalue weighted by Gasteiger charge is 2.13. The molecule has 0 unspecified atom stereocenters. The average molecular weight is 272 g/mol. The highest BCUT2D eigenvalue weighted by molar-refractivity contribution is 6.34. The van der Waals surface area contributed by atoms with E-state index in [4.69, 9.17) is 21.4 Å². The van der Waals surface area contributed by atoms with Crippen LogP contribution in [-0.2, 0) is 0 Å². The molecule has 0 aliphatic rings. The molecule has 0 spiro atoms. The molecule has 0 atom stereocenters. The van der Waals surface area contributed by atoms with Crippen LogP contribution in [0.4, 0.5) is 0 Å². The fourth-order valence-corrected chi connectivity index (χ4v) is 1.81. The maximum atomic E-state index is 10.9. The van der Waals surface area contributed by atoms with Crippen molar-refractivity contribution in [1.82, 2.24) is 4.98 Å². The van der Waals surface area contributed by atoms with Crippen LogP contribution in [0.2, 0.25) is 5.02 Å². The number of unbranched alkanes of at least 4 members (excludes halogenated alkanes) is 4. The van der Waals surface area contributed by atoms with Gasteiger partial charge in [0.2, 0.25) is 5.88 Å². The molecule has 0 bridgehead atoms. The second-order valence-electron chi connectivity index (χ2n) is 4.05. The Kier molecular flexibility index (Phi) is 6.50. The predicted molar refractivity (Wildman–Crippen MR) is 70.5 cm³/mol. The number of rotatable bonds is 8. The highest BCUT2D eigenvalue weighted by atomic mass is 35.5. The number of aromatic nitrogens is 1. The van der Waals surface area contributed by atoms with Crippen LogP contribution < -0.4 is 4.74 Å². The minimum atomic E-state index is -1.07. The van der Waals surface area contributed by atoms with Gasteiger partial charge in [-0.2, -0.15) is 0 Å². The molecule has 1 heterocycles. The van der Waals surface area contributed by atoms with Crippen LogP contribution in [0.5, 0.6) is 5.88 Å². The first-order valence-electron chi connectivity index (χ1n) is 6.17. The molecule has 0 aromatic carbocycles. The average Bonchev–Trinajstić information content (AvgIpc) is 2.35. The summed E-state index contributed by atoms with van der Waals surface area (Å²) in [6.45, 7) is 2.68. The molecule has 18 heavy (non-hydrogen) atoms. The predicted octanol–water partition coefficient (Wildman–Crippen LogP) is 3.78. The molecule has 100 valence electrons. The Morgan fingerprint density at radius 1 is 1.39 bits per heavy atom. The number of pyridine rings is 1. The lowest BCUT2D eigenvalue weighted by atomic mass is 10.2. The molecule has 0 aliphatic carbocycles. The zero-order valence-electron chi connectivity index (χ0n) is 10.5. The third kappa shape index (κ3) is 4.53. The van der Waals surface area contributed by atoms with Crippen molar-refractivity contribution in [1.29, 1.82) is 0 Å². The molecule has 1 aromatic rings. The lowest BCUT2D eigenvalue weighted by Gasteiger charge is -2.08. The van der Waals surface area contributed by atoms with Crippen molar-refractivity contribution in [2.75, 3.05) is 6.61 Å². The van der Waals surface area contributed by atoms with Gasteiger partial charge in [-0.05, 0) is 12.5 Å². The summed E-state index contributed by atoms with van der Waals surface area (Å²) < 4.78 is 5.40. The van der Waals surface area contributed by atoms with Gasteiger partial charge in [0.05, 0.1) is 12.2 Å². The van der Waals surface area contributed by atoms with E-state index < -0.39 is 5.97 Å². The number of aromatic carboxylic acids is 1. The summed E-state index contributed by atoms with van der Waals surface area (Å²) in [6, 6.07) is 1.36. The van der Waals surface area contributed by atoms with Gasteiger partial charge in [-0.3, -0.25) is 0 Å². The summed E-state index contributed by atoms with van der Waals surface area (Å²) in [5, 5.41) is 8.96. The summed E-state index contributed by atoms with van der Waals surface area (Å²) in [5.74, 6) is -0.873. The van der Waals surface area contributed by atoms with Gasteiger partial charge < -0.3 is 9.84 Å². The first-order chi connectivity index (χ1) is 8.66. The Balaban J connectivity index is 2.43. The molecule has 0 fully saturated rings. The van der Waals surface area contributed by atoms with Gasteiger partial charge in [0, 0.05) is 6.20 Å². The number of hydrogen-bond acceptors (Lipinski definition) is 3. The first kappa shape index (κ1) is 14.8. The quantitative estimate of drug-likeness (QED) is 0.731. The fourth-order valence-electron chi connectivity index (χ4n) is 1.56. The smallest absolute Gasteiger partial charge is 0.337 e. The number of halogens is 1. The highest BCUT2D eigenvalue weighted by Crippen LogP contribution is 2.25. The third-order valence-corrected chi connectivity index (χ3v) is 2.94. The van der Waals surface area contributed by atoms with Crippen molar-refractivity contribution in [2.24, 2.45) is 0 Å². The normalized spacial score (nSPS) is 10.3. The fraction of sp³-hybridized carbons (Fsp3) is 0.538. The van der Waals surface area contributed by atoms with E-state index in [2.05, 4.69) is 11.9 Å². The van der Waals surface area contributed by atoms with Gasteiger partial charge >= 0.3 is 5.97 Å². The zero-order valence-corrected chi connectivity index (χ0v) is 11.2. The largest absolute Gasteiger partial charge is 0.478 e. The minimum Gasteiger partial charge on any atom is -0.478 e. The number of carboxylic acids is 1. The van der Waals surface area contributed by atoms with Gasteiger partial charge in [0.1, 0.15) is 5.02 Å². The first-order valence-corrected chi connectivity index (χ1v) is 6.55. The van der Waals surface area contributed by atoms with Crippen molar-refractivity contribution in [3.63, 3.8) is 0 Å². The van der Waals surface area contributed by atoms with E-state index in [-0.39, 0.29) is 16.5 Å². The molecule has 1 N–H and O–H groups in total. The van der Waals surface area contributed by atoms with Crippen LogP contribution in [-0.4, -0.2) is 22.7 Å². The van der Waals surface area contributed by atoms with Crippen LogP contribution in [0.3, 0.4) is 0 Å². The molecular weight excluding hydrogens is 254 g/mol. The topological polar surface area (TPSA) is 59.4 Å². The van der Waals surface area contributed by atoms with E-state index in [0.29, 0.717) is 6.61 Å².